The lowest BCUT2D eigenvalue weighted by atomic mass is 10.0. The van der Waals surface area contributed by atoms with Crippen LogP contribution in [0.4, 0.5) is 8.78 Å². The summed E-state index contributed by atoms with van der Waals surface area (Å²) in [5.41, 5.74) is 0.934. The molecular formula is C12H14F2N4. The molecule has 2 aromatic rings. The molecule has 0 radical (unpaired) electrons. The number of nitrogens with one attached hydrogen (secondary N) is 1. The highest BCUT2D eigenvalue weighted by molar-refractivity contribution is 5.28. The Hall–Kier alpha value is -1.82. The Balaban J connectivity index is 2.48. The van der Waals surface area contributed by atoms with Crippen LogP contribution < -0.4 is 5.32 Å². The Labute approximate surface area is 104 Å². The van der Waals surface area contributed by atoms with Gasteiger partial charge in [0.2, 0.25) is 0 Å². The summed E-state index contributed by atoms with van der Waals surface area (Å²) >= 11 is 0. The Morgan fingerprint density at radius 3 is 2.78 bits per heavy atom. The van der Waals surface area contributed by atoms with Crippen LogP contribution in [0, 0.1) is 11.6 Å². The highest BCUT2D eigenvalue weighted by Crippen LogP contribution is 2.24. The number of aryl methyl sites for hydroxylation is 1. The summed E-state index contributed by atoms with van der Waals surface area (Å²) in [6, 6.07) is 2.95. The van der Waals surface area contributed by atoms with Gasteiger partial charge < -0.3 is 5.32 Å². The molecule has 4 nitrogen and oxygen atoms in total. The third kappa shape index (κ3) is 2.38. The maximum Gasteiger partial charge on any atom is 0.128 e. The highest BCUT2D eigenvalue weighted by atomic mass is 19.1. The molecule has 0 aliphatic carbocycles. The van der Waals surface area contributed by atoms with Crippen LogP contribution in [0.1, 0.15) is 24.2 Å². The first kappa shape index (κ1) is 12.6. The van der Waals surface area contributed by atoms with E-state index in [1.165, 1.54) is 16.9 Å². The van der Waals surface area contributed by atoms with Crippen molar-refractivity contribution in [3.8, 4) is 0 Å². The summed E-state index contributed by atoms with van der Waals surface area (Å²) in [5, 5.41) is 10.7. The zero-order chi connectivity index (χ0) is 13.1. The Morgan fingerprint density at radius 2 is 2.17 bits per heavy atom. The molecule has 1 N–H and O–H groups in total. The summed E-state index contributed by atoms with van der Waals surface area (Å²) in [4.78, 5) is 0. The molecule has 1 heterocycles. The van der Waals surface area contributed by atoms with E-state index < -0.39 is 17.7 Å². The average Bonchev–Trinajstić information content (AvgIpc) is 2.76. The smallest absolute Gasteiger partial charge is 0.128 e. The first-order valence-electron chi connectivity index (χ1n) is 5.66. The maximum absolute atomic E-state index is 13.8. The minimum absolute atomic E-state index is 0.252. The number of aromatic nitrogens is 3. The SMILES string of the molecule is CCNC(c1cc(F)ccc1F)c1cnnn1C. The molecular weight excluding hydrogens is 238 g/mol. The monoisotopic (exact) mass is 252 g/mol. The van der Waals surface area contributed by atoms with E-state index >= 15 is 0 Å². The summed E-state index contributed by atoms with van der Waals surface area (Å²) in [5.74, 6) is -0.923. The summed E-state index contributed by atoms with van der Waals surface area (Å²) in [6.07, 6.45) is 1.54. The van der Waals surface area contributed by atoms with Gasteiger partial charge in [0, 0.05) is 12.6 Å². The van der Waals surface area contributed by atoms with Crippen molar-refractivity contribution >= 4 is 0 Å². The zero-order valence-corrected chi connectivity index (χ0v) is 10.2. The maximum atomic E-state index is 13.8. The number of hydrogen-bond acceptors (Lipinski definition) is 3. The molecule has 0 aliphatic rings. The molecule has 0 amide bonds. The van der Waals surface area contributed by atoms with Crippen molar-refractivity contribution in [2.24, 2.45) is 7.05 Å². The van der Waals surface area contributed by atoms with Crippen LogP contribution in [0.3, 0.4) is 0 Å². The van der Waals surface area contributed by atoms with E-state index in [1.54, 1.807) is 7.05 Å². The van der Waals surface area contributed by atoms with Crippen LogP contribution in [-0.2, 0) is 7.05 Å². The summed E-state index contributed by atoms with van der Waals surface area (Å²) in [6.45, 7) is 2.51. The molecule has 96 valence electrons. The number of rotatable bonds is 4. The average molecular weight is 252 g/mol. The van der Waals surface area contributed by atoms with Crippen LogP contribution in [0.2, 0.25) is 0 Å². The largest absolute Gasteiger partial charge is 0.305 e. The topological polar surface area (TPSA) is 42.7 Å². The second-order valence-electron chi connectivity index (χ2n) is 3.94. The fourth-order valence-corrected chi connectivity index (χ4v) is 1.87. The fourth-order valence-electron chi connectivity index (χ4n) is 1.87. The normalized spacial score (nSPS) is 12.7. The van der Waals surface area contributed by atoms with Crippen LogP contribution in [0.15, 0.2) is 24.4 Å². The van der Waals surface area contributed by atoms with E-state index in [1.807, 2.05) is 6.92 Å². The molecule has 0 bridgehead atoms. The fraction of sp³-hybridized carbons (Fsp3) is 0.333. The molecule has 0 spiro atoms. The van der Waals surface area contributed by atoms with E-state index in [4.69, 9.17) is 0 Å². The number of benzene rings is 1. The van der Waals surface area contributed by atoms with Crippen molar-refractivity contribution in [3.05, 3.63) is 47.3 Å². The first-order valence-corrected chi connectivity index (χ1v) is 5.66. The lowest BCUT2D eigenvalue weighted by Crippen LogP contribution is -2.25. The molecule has 2 rings (SSSR count). The predicted molar refractivity (Wildman–Crippen MR) is 62.9 cm³/mol. The van der Waals surface area contributed by atoms with E-state index in [-0.39, 0.29) is 5.56 Å². The summed E-state index contributed by atoms with van der Waals surface area (Å²) in [7, 11) is 1.71. The third-order valence-electron chi connectivity index (χ3n) is 2.72. The summed E-state index contributed by atoms with van der Waals surface area (Å²) < 4.78 is 28.6. The van der Waals surface area contributed by atoms with Gasteiger partial charge in [-0.05, 0) is 24.7 Å². The Bertz CT molecular complexity index is 539. The van der Waals surface area contributed by atoms with Crippen LogP contribution in [-0.4, -0.2) is 21.5 Å². The van der Waals surface area contributed by atoms with Gasteiger partial charge in [-0.1, -0.05) is 12.1 Å². The molecule has 0 saturated carbocycles. The van der Waals surface area contributed by atoms with Gasteiger partial charge in [-0.15, -0.1) is 5.10 Å². The van der Waals surface area contributed by atoms with Crippen molar-refractivity contribution in [2.75, 3.05) is 6.54 Å². The van der Waals surface area contributed by atoms with Gasteiger partial charge in [-0.25, -0.2) is 8.78 Å². The highest BCUT2D eigenvalue weighted by Gasteiger charge is 2.21. The van der Waals surface area contributed by atoms with Crippen molar-refractivity contribution in [2.45, 2.75) is 13.0 Å². The van der Waals surface area contributed by atoms with Gasteiger partial charge in [0.15, 0.2) is 0 Å². The molecule has 1 unspecified atom stereocenters. The van der Waals surface area contributed by atoms with Crippen LogP contribution in [0.25, 0.3) is 0 Å². The van der Waals surface area contributed by atoms with E-state index in [0.717, 1.165) is 12.1 Å². The molecule has 0 aliphatic heterocycles. The van der Waals surface area contributed by atoms with Gasteiger partial charge in [0.1, 0.15) is 11.6 Å². The van der Waals surface area contributed by atoms with Gasteiger partial charge in [-0.2, -0.15) is 0 Å². The minimum atomic E-state index is -0.468. The van der Waals surface area contributed by atoms with E-state index in [0.29, 0.717) is 12.2 Å². The van der Waals surface area contributed by atoms with Crippen LogP contribution >= 0.6 is 0 Å². The standard InChI is InChI=1S/C12H14F2N4/c1-3-15-12(11-7-16-17-18(11)2)9-6-8(13)4-5-10(9)14/h4-7,12,15H,3H2,1-2H3. The van der Waals surface area contributed by atoms with Crippen LogP contribution in [0.5, 0.6) is 0 Å². The lowest BCUT2D eigenvalue weighted by molar-refractivity contribution is 0.521. The Morgan fingerprint density at radius 1 is 1.39 bits per heavy atom. The molecule has 1 aromatic carbocycles. The third-order valence-corrected chi connectivity index (χ3v) is 2.72. The quantitative estimate of drug-likeness (QED) is 0.902. The predicted octanol–water partition coefficient (Wildman–Crippen LogP) is 1.79. The second kappa shape index (κ2) is 5.22. The van der Waals surface area contributed by atoms with Crippen molar-refractivity contribution in [3.63, 3.8) is 0 Å². The molecule has 1 aromatic heterocycles. The minimum Gasteiger partial charge on any atom is -0.305 e. The molecule has 6 heteroatoms. The number of hydrogen-bond donors (Lipinski definition) is 1. The van der Waals surface area contributed by atoms with E-state index in [9.17, 15) is 8.78 Å². The zero-order valence-electron chi connectivity index (χ0n) is 10.2. The van der Waals surface area contributed by atoms with Gasteiger partial charge >= 0.3 is 0 Å². The molecule has 0 saturated heterocycles. The Kier molecular flexibility index (Phi) is 3.66. The first-order chi connectivity index (χ1) is 8.63. The molecule has 0 fully saturated rings. The van der Waals surface area contributed by atoms with Crippen molar-refractivity contribution in [1.29, 1.82) is 0 Å². The van der Waals surface area contributed by atoms with Gasteiger partial charge in [0.05, 0.1) is 17.9 Å². The number of nitrogens with zero attached hydrogens (tertiary/aromatic N) is 3. The molecule has 18 heavy (non-hydrogen) atoms. The van der Waals surface area contributed by atoms with Gasteiger partial charge in [0.25, 0.3) is 0 Å². The second-order valence-corrected chi connectivity index (χ2v) is 3.94. The number of halogens is 2. The van der Waals surface area contributed by atoms with Gasteiger partial charge in [-0.3, -0.25) is 4.68 Å². The van der Waals surface area contributed by atoms with E-state index in [2.05, 4.69) is 15.6 Å². The van der Waals surface area contributed by atoms with Crippen molar-refractivity contribution < 1.29 is 8.78 Å². The molecule has 1 atom stereocenters. The van der Waals surface area contributed by atoms with Crippen molar-refractivity contribution in [1.82, 2.24) is 20.3 Å². The lowest BCUT2D eigenvalue weighted by Gasteiger charge is -2.18.